The van der Waals surface area contributed by atoms with Crippen molar-refractivity contribution in [3.05, 3.63) is 59.5 Å². The minimum absolute atomic E-state index is 0.0851. The maximum absolute atomic E-state index is 13.6. The number of nitrogens with one attached hydrogen (secondary N) is 1. The summed E-state index contributed by atoms with van der Waals surface area (Å²) in [6.45, 7) is -0.575. The van der Waals surface area contributed by atoms with Gasteiger partial charge in [-0.15, -0.1) is 0 Å². The minimum Gasteiger partial charge on any atom is -0.452 e. The molecule has 1 heterocycles. The first-order valence-electron chi connectivity index (χ1n) is 6.18. The van der Waals surface area contributed by atoms with E-state index in [0.29, 0.717) is 5.82 Å². The summed E-state index contributed by atoms with van der Waals surface area (Å²) in [5, 5.41) is 11.0. The Bertz CT molecular complexity index is 741. The number of anilines is 1. The third-order valence-electron chi connectivity index (χ3n) is 2.58. The van der Waals surface area contributed by atoms with Crippen molar-refractivity contribution < 1.29 is 18.7 Å². The van der Waals surface area contributed by atoms with Crippen LogP contribution in [0.15, 0.2) is 42.6 Å². The number of carbonyl (C=O) groups is 2. The number of benzene rings is 1. The van der Waals surface area contributed by atoms with Crippen molar-refractivity contribution in [1.82, 2.24) is 4.98 Å². The number of halogens is 1. The molecule has 1 N–H and O–H groups in total. The third kappa shape index (κ3) is 3.86. The lowest BCUT2D eigenvalue weighted by Crippen LogP contribution is -2.21. The standard InChI is InChI=1S/C15H10FN3O3/c16-12-7-10(8-17)4-5-11(12)15(21)22-9-14(20)19-13-3-1-2-6-18-13/h1-7H,9H2,(H,18,19,20). The summed E-state index contributed by atoms with van der Waals surface area (Å²) < 4.78 is 18.3. The highest BCUT2D eigenvalue weighted by Gasteiger charge is 2.15. The van der Waals surface area contributed by atoms with Crippen LogP contribution >= 0.6 is 0 Å². The van der Waals surface area contributed by atoms with Crippen molar-refractivity contribution in [3.8, 4) is 6.07 Å². The largest absolute Gasteiger partial charge is 0.452 e. The quantitative estimate of drug-likeness (QED) is 0.870. The zero-order valence-corrected chi connectivity index (χ0v) is 11.2. The van der Waals surface area contributed by atoms with Gasteiger partial charge in [-0.2, -0.15) is 5.26 Å². The summed E-state index contributed by atoms with van der Waals surface area (Å²) in [7, 11) is 0. The number of hydrogen-bond donors (Lipinski definition) is 1. The molecule has 0 atom stereocenters. The van der Waals surface area contributed by atoms with E-state index in [9.17, 15) is 14.0 Å². The number of ether oxygens (including phenoxy) is 1. The fourth-order valence-electron chi connectivity index (χ4n) is 1.57. The summed E-state index contributed by atoms with van der Waals surface area (Å²) in [4.78, 5) is 27.1. The highest BCUT2D eigenvalue weighted by atomic mass is 19.1. The Morgan fingerprint density at radius 2 is 2.14 bits per heavy atom. The van der Waals surface area contributed by atoms with Crippen molar-refractivity contribution in [2.75, 3.05) is 11.9 Å². The van der Waals surface area contributed by atoms with Crippen LogP contribution in [-0.2, 0) is 9.53 Å². The first-order valence-corrected chi connectivity index (χ1v) is 6.18. The van der Waals surface area contributed by atoms with E-state index >= 15 is 0 Å². The summed E-state index contributed by atoms with van der Waals surface area (Å²) in [6.07, 6.45) is 1.49. The van der Waals surface area contributed by atoms with Crippen LogP contribution in [0.2, 0.25) is 0 Å². The number of pyridine rings is 1. The highest BCUT2D eigenvalue weighted by Crippen LogP contribution is 2.11. The van der Waals surface area contributed by atoms with Gasteiger partial charge in [-0.25, -0.2) is 14.2 Å². The molecule has 0 bridgehead atoms. The Morgan fingerprint density at radius 1 is 1.32 bits per heavy atom. The number of esters is 1. The highest BCUT2D eigenvalue weighted by molar-refractivity contribution is 5.95. The van der Waals surface area contributed by atoms with Crippen molar-refractivity contribution in [1.29, 1.82) is 5.26 Å². The van der Waals surface area contributed by atoms with E-state index in [2.05, 4.69) is 10.3 Å². The molecular weight excluding hydrogens is 289 g/mol. The van der Waals surface area contributed by atoms with Crippen LogP contribution < -0.4 is 5.32 Å². The molecule has 0 radical (unpaired) electrons. The molecule has 0 aliphatic heterocycles. The van der Waals surface area contributed by atoms with Gasteiger partial charge >= 0.3 is 5.97 Å². The van der Waals surface area contributed by atoms with Gasteiger partial charge in [0.2, 0.25) is 0 Å². The number of hydrogen-bond acceptors (Lipinski definition) is 5. The van der Waals surface area contributed by atoms with E-state index in [4.69, 9.17) is 10.00 Å². The maximum atomic E-state index is 13.6. The number of nitriles is 1. The Balaban J connectivity index is 1.93. The molecule has 2 aromatic rings. The van der Waals surface area contributed by atoms with Crippen LogP contribution in [0.25, 0.3) is 0 Å². The first-order chi connectivity index (χ1) is 10.6. The summed E-state index contributed by atoms with van der Waals surface area (Å²) in [5.41, 5.74) is -0.258. The van der Waals surface area contributed by atoms with E-state index in [1.165, 1.54) is 12.3 Å². The predicted octanol–water partition coefficient (Wildman–Crippen LogP) is 1.89. The molecule has 0 unspecified atom stereocenters. The summed E-state index contributed by atoms with van der Waals surface area (Å²) in [5.74, 6) is -2.15. The van der Waals surface area contributed by atoms with Gasteiger partial charge in [0.25, 0.3) is 5.91 Å². The molecule has 7 heteroatoms. The number of rotatable bonds is 4. The maximum Gasteiger partial charge on any atom is 0.341 e. The van der Waals surface area contributed by atoms with E-state index < -0.39 is 24.3 Å². The number of aromatic nitrogens is 1. The van der Waals surface area contributed by atoms with Crippen LogP contribution in [0.4, 0.5) is 10.2 Å². The van der Waals surface area contributed by atoms with Crippen LogP contribution in [0.1, 0.15) is 15.9 Å². The van der Waals surface area contributed by atoms with Crippen molar-refractivity contribution in [3.63, 3.8) is 0 Å². The number of amides is 1. The second-order valence-electron chi connectivity index (χ2n) is 4.15. The zero-order valence-electron chi connectivity index (χ0n) is 11.2. The van der Waals surface area contributed by atoms with Crippen LogP contribution in [0.5, 0.6) is 0 Å². The molecule has 110 valence electrons. The van der Waals surface area contributed by atoms with Gasteiger partial charge in [-0.1, -0.05) is 6.07 Å². The van der Waals surface area contributed by atoms with Gasteiger partial charge in [0.15, 0.2) is 6.61 Å². The molecular formula is C15H10FN3O3. The Kier molecular flexibility index (Phi) is 4.78. The molecule has 0 aliphatic rings. The Labute approximate surface area is 125 Å². The number of nitrogens with zero attached hydrogens (tertiary/aromatic N) is 2. The lowest BCUT2D eigenvalue weighted by Gasteiger charge is -2.06. The predicted molar refractivity (Wildman–Crippen MR) is 74.3 cm³/mol. The van der Waals surface area contributed by atoms with Gasteiger partial charge < -0.3 is 10.1 Å². The Morgan fingerprint density at radius 3 is 2.77 bits per heavy atom. The van der Waals surface area contributed by atoms with Crippen LogP contribution in [0, 0.1) is 17.1 Å². The molecule has 22 heavy (non-hydrogen) atoms. The molecule has 1 aromatic carbocycles. The molecule has 0 saturated heterocycles. The zero-order chi connectivity index (χ0) is 15.9. The van der Waals surface area contributed by atoms with Crippen LogP contribution in [0.3, 0.4) is 0 Å². The van der Waals surface area contributed by atoms with E-state index in [-0.39, 0.29) is 11.1 Å². The monoisotopic (exact) mass is 299 g/mol. The molecule has 0 aliphatic carbocycles. The van der Waals surface area contributed by atoms with E-state index in [1.54, 1.807) is 24.3 Å². The molecule has 6 nitrogen and oxygen atoms in total. The lowest BCUT2D eigenvalue weighted by atomic mass is 10.1. The number of carbonyl (C=O) groups excluding carboxylic acids is 2. The first kappa shape index (κ1) is 15.1. The Hall–Kier alpha value is -3.27. The summed E-state index contributed by atoms with van der Waals surface area (Å²) >= 11 is 0. The lowest BCUT2D eigenvalue weighted by molar-refractivity contribution is -0.119. The molecule has 2 rings (SSSR count). The smallest absolute Gasteiger partial charge is 0.341 e. The average Bonchev–Trinajstić information content (AvgIpc) is 2.53. The third-order valence-corrected chi connectivity index (χ3v) is 2.58. The van der Waals surface area contributed by atoms with Gasteiger partial charge in [-0.3, -0.25) is 4.79 Å². The molecule has 1 amide bonds. The molecule has 0 spiro atoms. The SMILES string of the molecule is N#Cc1ccc(C(=O)OCC(=O)Nc2ccccn2)c(F)c1. The topological polar surface area (TPSA) is 92.1 Å². The van der Waals surface area contributed by atoms with Crippen LogP contribution in [-0.4, -0.2) is 23.5 Å². The molecule has 0 fully saturated rings. The second kappa shape index (κ2) is 6.95. The minimum atomic E-state index is -0.988. The van der Waals surface area contributed by atoms with Gasteiger partial charge in [-0.05, 0) is 30.3 Å². The van der Waals surface area contributed by atoms with Gasteiger partial charge in [0.1, 0.15) is 11.6 Å². The van der Waals surface area contributed by atoms with E-state index in [0.717, 1.165) is 12.1 Å². The normalized spacial score (nSPS) is 9.64. The fraction of sp³-hybridized carbons (Fsp3) is 0.0667. The van der Waals surface area contributed by atoms with Crippen molar-refractivity contribution in [2.45, 2.75) is 0 Å². The second-order valence-corrected chi connectivity index (χ2v) is 4.15. The summed E-state index contributed by atoms with van der Waals surface area (Å²) in [6, 6.07) is 10.0. The molecule has 1 aromatic heterocycles. The van der Waals surface area contributed by atoms with Crippen molar-refractivity contribution in [2.24, 2.45) is 0 Å². The van der Waals surface area contributed by atoms with Gasteiger partial charge in [0, 0.05) is 6.20 Å². The van der Waals surface area contributed by atoms with Crippen molar-refractivity contribution >= 4 is 17.7 Å². The molecule has 0 saturated carbocycles. The fourth-order valence-corrected chi connectivity index (χ4v) is 1.57. The van der Waals surface area contributed by atoms with E-state index in [1.807, 2.05) is 0 Å². The van der Waals surface area contributed by atoms with Gasteiger partial charge in [0.05, 0.1) is 17.2 Å². The average molecular weight is 299 g/mol.